The Morgan fingerprint density at radius 1 is 1.08 bits per heavy atom. The Morgan fingerprint density at radius 2 is 1.84 bits per heavy atom. The third-order valence-electron chi connectivity index (χ3n) is 3.81. The van der Waals surface area contributed by atoms with Crippen LogP contribution in [0.5, 0.6) is 5.75 Å². The SMILES string of the molecule is C#CCOc1ccc2ccccc2c1/C=C(\C#N)c1ccc(I)cc1. The van der Waals surface area contributed by atoms with Crippen LogP contribution in [0.3, 0.4) is 0 Å². The highest BCUT2D eigenvalue weighted by molar-refractivity contribution is 14.1. The monoisotopic (exact) mass is 435 g/mol. The maximum atomic E-state index is 9.66. The number of nitriles is 1. The fraction of sp³-hybridized carbons (Fsp3) is 0.0455. The summed E-state index contributed by atoms with van der Waals surface area (Å²) in [5.41, 5.74) is 2.32. The molecule has 2 nitrogen and oxygen atoms in total. The molecule has 0 radical (unpaired) electrons. The Kier molecular flexibility index (Phi) is 5.38. The molecule has 0 bridgehead atoms. The third kappa shape index (κ3) is 3.84. The standard InChI is InChI=1S/C22H14INO/c1-2-13-25-22-12-9-17-5-3-4-6-20(17)21(22)14-18(15-24)16-7-10-19(23)11-8-16/h1,3-12,14H,13H2/b18-14+. The first-order valence-corrected chi connectivity index (χ1v) is 8.76. The number of halogens is 1. The van der Waals surface area contributed by atoms with Crippen molar-refractivity contribution in [3.05, 3.63) is 75.4 Å². The summed E-state index contributed by atoms with van der Waals surface area (Å²) in [5, 5.41) is 11.8. The van der Waals surface area contributed by atoms with Crippen LogP contribution in [0.4, 0.5) is 0 Å². The molecule has 3 rings (SSSR count). The molecular formula is C22H14INO. The predicted molar refractivity (Wildman–Crippen MR) is 111 cm³/mol. The molecule has 3 aromatic carbocycles. The Bertz CT molecular complexity index is 1020. The second kappa shape index (κ2) is 7.88. The molecule has 0 unspecified atom stereocenters. The third-order valence-corrected chi connectivity index (χ3v) is 4.53. The van der Waals surface area contributed by atoms with E-state index in [1.54, 1.807) is 0 Å². The van der Waals surface area contributed by atoms with Crippen molar-refractivity contribution >= 4 is 45.0 Å². The van der Waals surface area contributed by atoms with Crippen LogP contribution >= 0.6 is 22.6 Å². The van der Waals surface area contributed by atoms with Crippen molar-refractivity contribution in [3.8, 4) is 24.2 Å². The fourth-order valence-corrected chi connectivity index (χ4v) is 2.98. The molecule has 0 aliphatic carbocycles. The van der Waals surface area contributed by atoms with Crippen LogP contribution in [0, 0.1) is 27.2 Å². The summed E-state index contributed by atoms with van der Waals surface area (Å²) in [4.78, 5) is 0. The van der Waals surface area contributed by atoms with Gasteiger partial charge in [0.15, 0.2) is 0 Å². The van der Waals surface area contributed by atoms with Crippen LogP contribution in [-0.4, -0.2) is 6.61 Å². The first kappa shape index (κ1) is 17.1. The van der Waals surface area contributed by atoms with E-state index in [0.717, 1.165) is 25.5 Å². The van der Waals surface area contributed by atoms with Crippen LogP contribution in [0.1, 0.15) is 11.1 Å². The maximum absolute atomic E-state index is 9.66. The minimum absolute atomic E-state index is 0.185. The quantitative estimate of drug-likeness (QED) is 0.234. The number of hydrogen-bond donors (Lipinski definition) is 0. The second-order valence-electron chi connectivity index (χ2n) is 5.37. The van der Waals surface area contributed by atoms with Gasteiger partial charge in [0.2, 0.25) is 0 Å². The summed E-state index contributed by atoms with van der Waals surface area (Å²) in [7, 11) is 0. The van der Waals surface area contributed by atoms with Crippen LogP contribution in [0.25, 0.3) is 22.4 Å². The van der Waals surface area contributed by atoms with Crippen LogP contribution < -0.4 is 4.74 Å². The number of nitrogens with zero attached hydrogens (tertiary/aromatic N) is 1. The van der Waals surface area contributed by atoms with Gasteiger partial charge in [-0.3, -0.25) is 0 Å². The van der Waals surface area contributed by atoms with Crippen LogP contribution in [-0.2, 0) is 0 Å². The minimum Gasteiger partial charge on any atom is -0.480 e. The average molecular weight is 435 g/mol. The highest BCUT2D eigenvalue weighted by atomic mass is 127. The number of hydrogen-bond acceptors (Lipinski definition) is 2. The molecule has 3 heteroatoms. The number of terminal acetylenes is 1. The number of fused-ring (bicyclic) bond motifs is 1. The Balaban J connectivity index is 2.19. The molecule has 0 aliphatic rings. The Labute approximate surface area is 160 Å². The molecule has 0 saturated carbocycles. The molecule has 120 valence electrons. The molecule has 0 spiro atoms. The van der Waals surface area contributed by atoms with Crippen molar-refractivity contribution in [3.63, 3.8) is 0 Å². The largest absolute Gasteiger partial charge is 0.480 e. The summed E-state index contributed by atoms with van der Waals surface area (Å²) in [6, 6.07) is 22.1. The molecular weight excluding hydrogens is 421 g/mol. The van der Waals surface area contributed by atoms with E-state index in [4.69, 9.17) is 11.2 Å². The van der Waals surface area contributed by atoms with Crippen molar-refractivity contribution < 1.29 is 4.74 Å². The van der Waals surface area contributed by atoms with Crippen molar-refractivity contribution in [1.29, 1.82) is 5.26 Å². The highest BCUT2D eigenvalue weighted by Gasteiger charge is 2.09. The fourth-order valence-electron chi connectivity index (χ4n) is 2.62. The van der Waals surface area contributed by atoms with Crippen LogP contribution in [0.2, 0.25) is 0 Å². The Hall–Kier alpha value is -2.76. The van der Waals surface area contributed by atoms with E-state index in [2.05, 4.69) is 34.6 Å². The van der Waals surface area contributed by atoms with Gasteiger partial charge >= 0.3 is 0 Å². The van der Waals surface area contributed by atoms with Crippen molar-refractivity contribution in [2.24, 2.45) is 0 Å². The summed E-state index contributed by atoms with van der Waals surface area (Å²) >= 11 is 2.25. The van der Waals surface area contributed by atoms with Crippen molar-refractivity contribution in [1.82, 2.24) is 0 Å². The van der Waals surface area contributed by atoms with E-state index in [9.17, 15) is 5.26 Å². The highest BCUT2D eigenvalue weighted by Crippen LogP contribution is 2.32. The molecule has 0 N–H and O–H groups in total. The normalized spacial score (nSPS) is 10.9. The molecule has 0 atom stereocenters. The first-order chi connectivity index (χ1) is 12.2. The van der Waals surface area contributed by atoms with E-state index in [1.165, 1.54) is 0 Å². The molecule has 0 amide bonds. The van der Waals surface area contributed by atoms with Gasteiger partial charge in [0.05, 0.1) is 11.6 Å². The first-order valence-electron chi connectivity index (χ1n) is 7.68. The van der Waals surface area contributed by atoms with E-state index >= 15 is 0 Å². The van der Waals surface area contributed by atoms with Gasteiger partial charge in [0, 0.05) is 9.13 Å². The van der Waals surface area contributed by atoms with E-state index in [1.807, 2.05) is 66.7 Å². The molecule has 25 heavy (non-hydrogen) atoms. The number of benzene rings is 3. The summed E-state index contributed by atoms with van der Waals surface area (Å²) in [6.45, 7) is 0.185. The lowest BCUT2D eigenvalue weighted by molar-refractivity contribution is 0.370. The Morgan fingerprint density at radius 3 is 2.56 bits per heavy atom. The molecule has 0 heterocycles. The summed E-state index contributed by atoms with van der Waals surface area (Å²) < 4.78 is 6.83. The zero-order valence-electron chi connectivity index (χ0n) is 13.4. The zero-order valence-corrected chi connectivity index (χ0v) is 15.5. The van der Waals surface area contributed by atoms with Gasteiger partial charge < -0.3 is 4.74 Å². The van der Waals surface area contributed by atoms with Crippen molar-refractivity contribution in [2.45, 2.75) is 0 Å². The van der Waals surface area contributed by atoms with Gasteiger partial charge in [-0.25, -0.2) is 0 Å². The number of allylic oxidation sites excluding steroid dienone is 1. The van der Waals surface area contributed by atoms with Crippen molar-refractivity contribution in [2.75, 3.05) is 6.61 Å². The van der Waals surface area contributed by atoms with Gasteiger partial charge in [-0.15, -0.1) is 6.42 Å². The van der Waals surface area contributed by atoms with E-state index in [-0.39, 0.29) is 6.61 Å². The predicted octanol–water partition coefficient (Wildman–Crippen LogP) is 5.52. The van der Waals surface area contributed by atoms with Gasteiger partial charge in [0.25, 0.3) is 0 Å². The lowest BCUT2D eigenvalue weighted by atomic mass is 9.98. The lowest BCUT2D eigenvalue weighted by Crippen LogP contribution is -1.96. The van der Waals surface area contributed by atoms with E-state index in [0.29, 0.717) is 11.3 Å². The molecule has 0 aliphatic heterocycles. The molecule has 0 saturated heterocycles. The molecule has 0 fully saturated rings. The summed E-state index contributed by atoms with van der Waals surface area (Å²) in [6.07, 6.45) is 7.20. The van der Waals surface area contributed by atoms with Crippen LogP contribution in [0.15, 0.2) is 60.7 Å². The smallest absolute Gasteiger partial charge is 0.148 e. The minimum atomic E-state index is 0.185. The molecule has 3 aromatic rings. The number of ether oxygens (including phenoxy) is 1. The topological polar surface area (TPSA) is 33.0 Å². The van der Waals surface area contributed by atoms with Gasteiger partial charge in [0.1, 0.15) is 12.4 Å². The maximum Gasteiger partial charge on any atom is 0.148 e. The lowest BCUT2D eigenvalue weighted by Gasteiger charge is -2.11. The van der Waals surface area contributed by atoms with Gasteiger partial charge in [-0.1, -0.05) is 48.4 Å². The van der Waals surface area contributed by atoms with Gasteiger partial charge in [-0.2, -0.15) is 5.26 Å². The summed E-state index contributed by atoms with van der Waals surface area (Å²) in [5.74, 6) is 3.16. The van der Waals surface area contributed by atoms with Gasteiger partial charge in [-0.05, 0) is 63.2 Å². The van der Waals surface area contributed by atoms with E-state index < -0.39 is 0 Å². The zero-order chi connectivity index (χ0) is 17.6. The second-order valence-corrected chi connectivity index (χ2v) is 6.61. The number of rotatable bonds is 4. The average Bonchev–Trinajstić information content (AvgIpc) is 2.65. The molecule has 0 aromatic heterocycles.